The number of carbonyl (C=O) groups is 2. The fraction of sp³-hybridized carbons (Fsp3) is 0.360. The van der Waals surface area contributed by atoms with Crippen LogP contribution in [-0.4, -0.2) is 87.1 Å². The number of amides is 2. The molecule has 6 aromatic rings. The van der Waals surface area contributed by atoms with E-state index >= 15 is 0 Å². The molecule has 0 saturated carbocycles. The Kier molecular flexibility index (Phi) is 25.1. The smallest absolute Gasteiger partial charge is 0.250 e. The first-order valence-corrected chi connectivity index (χ1v) is 24.2. The van der Waals surface area contributed by atoms with Crippen molar-refractivity contribution in [2.45, 2.75) is 103 Å². The third-order valence-electron chi connectivity index (χ3n) is 9.96. The van der Waals surface area contributed by atoms with Gasteiger partial charge in [0.25, 0.3) is 0 Å². The highest BCUT2D eigenvalue weighted by molar-refractivity contribution is 8.19. The summed E-state index contributed by atoms with van der Waals surface area (Å²) in [5.74, 6) is 1.24. The van der Waals surface area contributed by atoms with E-state index in [1.54, 1.807) is 18.2 Å². The second kappa shape index (κ2) is 30.7. The molecule has 18 heteroatoms. The molecule has 0 aliphatic rings. The normalized spacial score (nSPS) is 11.2. The number of nitrogens with zero attached hydrogens (tertiary/aromatic N) is 6. The van der Waals surface area contributed by atoms with Crippen LogP contribution in [0.1, 0.15) is 114 Å². The topological polar surface area (TPSA) is 267 Å². The molecular weight excluding hydrogens is 885 g/mol. The van der Waals surface area contributed by atoms with Gasteiger partial charge in [-0.15, -0.1) is 10.2 Å². The van der Waals surface area contributed by atoms with Gasteiger partial charge < -0.3 is 34.6 Å². The molecule has 0 atom stereocenters. The highest BCUT2D eigenvalue weighted by atomic mass is 32.3. The summed E-state index contributed by atoms with van der Waals surface area (Å²) < 4.78 is 34.0. The first-order chi connectivity index (χ1) is 32.7. The van der Waals surface area contributed by atoms with Gasteiger partial charge >= 0.3 is 0 Å². The molecule has 0 radical (unpaired) electrons. The van der Waals surface area contributed by atoms with Crippen LogP contribution in [0, 0.1) is 0 Å². The van der Waals surface area contributed by atoms with Crippen LogP contribution >= 0.6 is 10.9 Å². The SMILES string of the molecule is CC(C)(CCCCOc1cc(-c2ccccc2)cc(-c2ccccc2)n1)c1nn[nH]n1.CCCC.CCCCCC(=O)NCCO.NC(=O)c1ccc(N/N=C/c2ccccc2S(O)(O)O)nc1. The van der Waals surface area contributed by atoms with Gasteiger partial charge in [-0.1, -0.05) is 144 Å². The maximum atomic E-state index is 10.9. The van der Waals surface area contributed by atoms with Crippen molar-refractivity contribution in [1.82, 2.24) is 35.9 Å². The van der Waals surface area contributed by atoms with E-state index in [1.807, 2.05) is 42.5 Å². The molecule has 0 bridgehead atoms. The highest BCUT2D eigenvalue weighted by Gasteiger charge is 2.24. The number of nitrogens with two attached hydrogens (primary N) is 1. The zero-order valence-electron chi connectivity index (χ0n) is 39.7. The van der Waals surface area contributed by atoms with Gasteiger partial charge in [-0.05, 0) is 61.1 Å². The number of primary amides is 1. The van der Waals surface area contributed by atoms with Crippen LogP contribution in [0.4, 0.5) is 5.82 Å². The van der Waals surface area contributed by atoms with E-state index in [0.717, 1.165) is 66.7 Å². The molecule has 0 saturated heterocycles. The van der Waals surface area contributed by atoms with E-state index in [9.17, 15) is 23.2 Å². The summed E-state index contributed by atoms with van der Waals surface area (Å²) in [6.07, 6.45) is 11.9. The van der Waals surface area contributed by atoms with E-state index in [2.05, 4.69) is 106 Å². The van der Waals surface area contributed by atoms with Crippen molar-refractivity contribution < 1.29 is 33.1 Å². The van der Waals surface area contributed by atoms with Gasteiger partial charge in [0, 0.05) is 41.8 Å². The number of rotatable bonds is 21. The lowest BCUT2D eigenvalue weighted by Gasteiger charge is -2.20. The average molecular weight is 953 g/mol. The summed E-state index contributed by atoms with van der Waals surface area (Å²) in [6.45, 7) is 11.8. The number of aliphatic hydroxyl groups is 1. The predicted molar refractivity (Wildman–Crippen MR) is 271 cm³/mol. The number of nitrogens with one attached hydrogen (secondary N) is 3. The van der Waals surface area contributed by atoms with Gasteiger partial charge in [0.2, 0.25) is 17.7 Å². The number of hydrogen-bond donors (Lipinski definition) is 8. The molecule has 3 aromatic heterocycles. The molecule has 0 aliphatic carbocycles. The lowest BCUT2D eigenvalue weighted by molar-refractivity contribution is -0.121. The third-order valence-corrected chi connectivity index (χ3v) is 10.9. The number of H-pyrrole nitrogens is 1. The first kappa shape index (κ1) is 55.8. The standard InChI is InChI=1S/C25H27N5O.C13H14N4O4S.C8H17NO2.C4H10/c1-25(2,24-27-29-30-28-24)15-9-10-16-31-23-18-21(19-11-5-3-6-12-19)17-22(26-23)20-13-7-4-8-14-20;14-13(18)10-5-6-12(15-7-10)17-16-8-9-3-1-2-4-11(9)22(19,20)21;1-2-3-4-5-8(11)9-6-7-10;1-3-4-2/h3-8,11-14,17-18H,9-10,15-16H2,1-2H3,(H,27,28,29,30);1-8,19-21H,(H2,14,18)(H,15,17);10H,2-7H2,1H3,(H,9,11);3-4H2,1-2H3/b;16-8+;;. The van der Waals surface area contributed by atoms with Gasteiger partial charge in [-0.2, -0.15) is 10.3 Å². The Labute approximate surface area is 401 Å². The van der Waals surface area contributed by atoms with Crippen LogP contribution in [0.3, 0.4) is 0 Å². The molecule has 0 unspecified atom stereocenters. The van der Waals surface area contributed by atoms with Gasteiger partial charge in [0.05, 0.1) is 35.6 Å². The Morgan fingerprint density at radius 1 is 0.824 bits per heavy atom. The molecule has 2 amide bonds. The summed E-state index contributed by atoms with van der Waals surface area (Å²) >= 11 is 0. The predicted octanol–water partition coefficient (Wildman–Crippen LogP) is 10.1. The van der Waals surface area contributed by atoms with Crippen LogP contribution in [0.25, 0.3) is 22.4 Å². The van der Waals surface area contributed by atoms with Crippen molar-refractivity contribution in [3.63, 3.8) is 0 Å². The number of aliphatic hydroxyl groups excluding tert-OH is 1. The molecule has 0 spiro atoms. The summed E-state index contributed by atoms with van der Waals surface area (Å²) in [6, 6.07) is 33.8. The van der Waals surface area contributed by atoms with Crippen LogP contribution < -0.4 is 21.2 Å². The number of anilines is 1. The monoisotopic (exact) mass is 952 g/mol. The summed E-state index contributed by atoms with van der Waals surface area (Å²) in [5, 5.41) is 29.3. The molecule has 0 fully saturated rings. The van der Waals surface area contributed by atoms with Gasteiger partial charge in [-0.3, -0.25) is 15.0 Å². The van der Waals surface area contributed by atoms with Crippen molar-refractivity contribution in [2.75, 3.05) is 25.2 Å². The van der Waals surface area contributed by atoms with Gasteiger partial charge in [0.15, 0.2) is 5.82 Å². The molecule has 17 nitrogen and oxygen atoms in total. The van der Waals surface area contributed by atoms with Crippen LogP contribution in [-0.2, 0) is 10.2 Å². The third kappa shape index (κ3) is 20.9. The minimum atomic E-state index is -3.83. The van der Waals surface area contributed by atoms with Crippen molar-refractivity contribution >= 4 is 34.7 Å². The molecule has 9 N–H and O–H groups in total. The van der Waals surface area contributed by atoms with Crippen LogP contribution in [0.5, 0.6) is 5.88 Å². The number of ether oxygens (including phenoxy) is 1. The number of pyridine rings is 2. The zero-order valence-corrected chi connectivity index (χ0v) is 40.5. The summed E-state index contributed by atoms with van der Waals surface area (Å²) in [5.41, 5.74) is 12.4. The van der Waals surface area contributed by atoms with Crippen molar-refractivity contribution in [1.29, 1.82) is 0 Å². The van der Waals surface area contributed by atoms with Crippen LogP contribution in [0.2, 0.25) is 0 Å². The molecule has 0 aliphatic heterocycles. The number of aromatic amines is 1. The molecule has 3 heterocycles. The number of tetrazole rings is 1. The Bertz CT molecular complexity index is 2290. The molecule has 3 aromatic carbocycles. The number of carbonyl (C=O) groups excluding carboxylic acids is 2. The second-order valence-electron chi connectivity index (χ2n) is 16.0. The molecule has 68 heavy (non-hydrogen) atoms. The average Bonchev–Trinajstić information content (AvgIpc) is 3.91. The Morgan fingerprint density at radius 3 is 2.09 bits per heavy atom. The number of hydrogen-bond acceptors (Lipinski definition) is 14. The minimum Gasteiger partial charge on any atom is -0.478 e. The summed E-state index contributed by atoms with van der Waals surface area (Å²) in [7, 11) is -3.83. The van der Waals surface area contributed by atoms with E-state index in [1.165, 1.54) is 43.5 Å². The Balaban J connectivity index is 0.000000287. The molecule has 366 valence electrons. The fourth-order valence-corrected chi connectivity index (χ4v) is 6.67. The van der Waals surface area contributed by atoms with Crippen molar-refractivity contribution in [3.05, 3.63) is 132 Å². The summed E-state index contributed by atoms with van der Waals surface area (Å²) in [4.78, 5) is 30.4. The van der Waals surface area contributed by atoms with Gasteiger partial charge in [0.1, 0.15) is 16.7 Å². The molecular formula is C50H68N10O7S. The second-order valence-corrected chi connectivity index (χ2v) is 17.5. The highest BCUT2D eigenvalue weighted by Crippen LogP contribution is 2.44. The maximum absolute atomic E-state index is 10.9. The quantitative estimate of drug-likeness (QED) is 0.0190. The van der Waals surface area contributed by atoms with E-state index in [4.69, 9.17) is 20.6 Å². The molecule has 6 rings (SSSR count). The lowest BCUT2D eigenvalue weighted by atomic mass is 9.86. The number of hydrazone groups is 1. The van der Waals surface area contributed by atoms with E-state index < -0.39 is 16.8 Å². The van der Waals surface area contributed by atoms with Crippen molar-refractivity contribution in [3.8, 4) is 28.3 Å². The van der Waals surface area contributed by atoms with E-state index in [-0.39, 0.29) is 28.4 Å². The number of aromatic nitrogens is 6. The maximum Gasteiger partial charge on any atom is 0.250 e. The van der Waals surface area contributed by atoms with Crippen LogP contribution in [0.15, 0.2) is 125 Å². The largest absolute Gasteiger partial charge is 0.478 e. The number of benzene rings is 3. The van der Waals surface area contributed by atoms with Gasteiger partial charge in [-0.25, -0.2) is 9.97 Å². The number of unbranched alkanes of at least 4 members (excludes halogenated alkanes) is 4. The fourth-order valence-electron chi connectivity index (χ4n) is 5.97. The Hall–Kier alpha value is -6.57. The minimum absolute atomic E-state index is 0.0273. The zero-order chi connectivity index (χ0) is 49.6. The van der Waals surface area contributed by atoms with E-state index in [0.29, 0.717) is 36.8 Å². The Morgan fingerprint density at radius 2 is 1.50 bits per heavy atom. The lowest BCUT2D eigenvalue weighted by Crippen LogP contribution is -2.25. The van der Waals surface area contributed by atoms with Crippen molar-refractivity contribution in [2.24, 2.45) is 10.8 Å². The first-order valence-electron chi connectivity index (χ1n) is 22.7.